The number of nitrogens with one attached hydrogen (secondary N) is 2. The Bertz CT molecular complexity index is 1160. The summed E-state index contributed by atoms with van der Waals surface area (Å²) in [6.45, 7) is 7.59. The summed E-state index contributed by atoms with van der Waals surface area (Å²) in [4.78, 5) is 21.2. The Morgan fingerprint density at radius 1 is 0.943 bits per heavy atom. The van der Waals surface area contributed by atoms with Gasteiger partial charge in [0.25, 0.3) is 0 Å². The predicted octanol–water partition coefficient (Wildman–Crippen LogP) is 5.68. The molecule has 0 unspecified atom stereocenters. The van der Waals surface area contributed by atoms with E-state index in [2.05, 4.69) is 25.4 Å². The average Bonchev–Trinajstić information content (AvgIpc) is 2.82. The Morgan fingerprint density at radius 2 is 1.66 bits per heavy atom. The van der Waals surface area contributed by atoms with E-state index in [4.69, 9.17) is 0 Å². The van der Waals surface area contributed by atoms with Crippen molar-refractivity contribution in [3.63, 3.8) is 0 Å². The van der Waals surface area contributed by atoms with Gasteiger partial charge in [0.05, 0.1) is 17.4 Å². The van der Waals surface area contributed by atoms with E-state index in [0.717, 1.165) is 66.5 Å². The van der Waals surface area contributed by atoms with E-state index in [1.54, 1.807) is 18.3 Å². The van der Waals surface area contributed by atoms with Crippen LogP contribution in [0.25, 0.3) is 0 Å². The summed E-state index contributed by atoms with van der Waals surface area (Å²) in [5, 5.41) is 5.67. The van der Waals surface area contributed by atoms with Crippen molar-refractivity contribution in [2.45, 2.75) is 26.6 Å². The highest BCUT2D eigenvalue weighted by molar-refractivity contribution is 6.00. The number of carbonyl (C=O) groups excluding carboxylic acids is 1. The first-order valence-electron chi connectivity index (χ1n) is 11.4. The number of aromatic nitrogens is 1. The van der Waals surface area contributed by atoms with E-state index < -0.39 is 11.7 Å². The van der Waals surface area contributed by atoms with E-state index in [0.29, 0.717) is 12.2 Å². The molecule has 35 heavy (non-hydrogen) atoms. The molecule has 3 aromatic rings. The van der Waals surface area contributed by atoms with E-state index >= 15 is 0 Å². The lowest BCUT2D eigenvalue weighted by Crippen LogP contribution is -2.46. The number of hydrogen-bond acceptors (Lipinski definition) is 4. The summed E-state index contributed by atoms with van der Waals surface area (Å²) in [7, 11) is 0. The van der Waals surface area contributed by atoms with Gasteiger partial charge in [-0.25, -0.2) is 9.78 Å². The first-order valence-corrected chi connectivity index (χ1v) is 11.4. The molecule has 2 heterocycles. The van der Waals surface area contributed by atoms with E-state index in [9.17, 15) is 18.0 Å². The molecular weight excluding hydrogens is 455 g/mol. The molecule has 6 nitrogen and oxygen atoms in total. The summed E-state index contributed by atoms with van der Waals surface area (Å²) >= 11 is 0. The molecule has 1 aliphatic heterocycles. The highest BCUT2D eigenvalue weighted by atomic mass is 19.4. The molecule has 2 N–H and O–H groups in total. The van der Waals surface area contributed by atoms with Crippen LogP contribution in [0, 0.1) is 13.8 Å². The van der Waals surface area contributed by atoms with Gasteiger partial charge in [0.15, 0.2) is 0 Å². The van der Waals surface area contributed by atoms with Gasteiger partial charge < -0.3 is 15.5 Å². The van der Waals surface area contributed by atoms with Crippen molar-refractivity contribution < 1.29 is 18.0 Å². The first kappa shape index (κ1) is 24.5. The Kier molecular flexibility index (Phi) is 7.25. The van der Waals surface area contributed by atoms with Crippen molar-refractivity contribution in [2.75, 3.05) is 41.7 Å². The summed E-state index contributed by atoms with van der Waals surface area (Å²) < 4.78 is 38.2. The number of piperazine rings is 1. The molecule has 2 amide bonds. The van der Waals surface area contributed by atoms with Gasteiger partial charge in [-0.05, 0) is 60.9 Å². The maximum Gasteiger partial charge on any atom is 0.416 e. The monoisotopic (exact) mass is 483 g/mol. The largest absolute Gasteiger partial charge is 0.416 e. The minimum absolute atomic E-state index is 0.329. The SMILES string of the molecule is Cc1ccc(C)c(NC(=O)Nc2ccc(N3CCN(Cc4ccc(C(F)(F)F)cc4)CC3)nc2)c1. The zero-order valence-corrected chi connectivity index (χ0v) is 19.7. The molecular formula is C26H28F3N5O. The standard InChI is InChI=1S/C26H28F3N5O/c1-18-3-4-19(2)23(15-18)32-25(35)31-22-9-10-24(30-16-22)34-13-11-33(12-14-34)17-20-5-7-21(8-6-20)26(27,28)29/h3-10,15-16H,11-14,17H2,1-2H3,(H2,31,32,35). The van der Waals surface area contributed by atoms with E-state index in [1.165, 1.54) is 0 Å². The fraction of sp³-hybridized carbons (Fsp3) is 0.308. The minimum atomic E-state index is -4.31. The van der Waals surface area contributed by atoms with Gasteiger partial charge >= 0.3 is 12.2 Å². The molecule has 0 atom stereocenters. The summed E-state index contributed by atoms with van der Waals surface area (Å²) in [5.74, 6) is 0.819. The van der Waals surface area contributed by atoms with Crippen molar-refractivity contribution in [3.05, 3.63) is 83.0 Å². The molecule has 0 radical (unpaired) electrons. The topological polar surface area (TPSA) is 60.5 Å². The van der Waals surface area contributed by atoms with Gasteiger partial charge in [0, 0.05) is 38.4 Å². The molecule has 184 valence electrons. The molecule has 2 aromatic carbocycles. The number of anilines is 3. The Morgan fingerprint density at radius 3 is 2.29 bits per heavy atom. The van der Waals surface area contributed by atoms with Crippen LogP contribution in [0.15, 0.2) is 60.8 Å². The number of carbonyl (C=O) groups is 1. The van der Waals surface area contributed by atoms with Crippen LogP contribution in [0.4, 0.5) is 35.2 Å². The van der Waals surface area contributed by atoms with Gasteiger partial charge in [-0.3, -0.25) is 4.90 Å². The lowest BCUT2D eigenvalue weighted by molar-refractivity contribution is -0.137. The van der Waals surface area contributed by atoms with Crippen molar-refractivity contribution >= 4 is 23.2 Å². The second-order valence-electron chi connectivity index (χ2n) is 8.76. The maximum atomic E-state index is 12.7. The zero-order valence-electron chi connectivity index (χ0n) is 19.7. The van der Waals surface area contributed by atoms with Gasteiger partial charge in [-0.15, -0.1) is 0 Å². The molecule has 0 saturated carbocycles. The number of rotatable bonds is 5. The van der Waals surface area contributed by atoms with Crippen molar-refractivity contribution in [3.8, 4) is 0 Å². The molecule has 4 rings (SSSR count). The summed E-state index contributed by atoms with van der Waals surface area (Å²) in [5.41, 5.74) is 3.64. The number of benzene rings is 2. The highest BCUT2D eigenvalue weighted by Gasteiger charge is 2.30. The Labute approximate surface area is 202 Å². The highest BCUT2D eigenvalue weighted by Crippen LogP contribution is 2.29. The van der Waals surface area contributed by atoms with Crippen LogP contribution in [-0.2, 0) is 12.7 Å². The maximum absolute atomic E-state index is 12.7. The molecule has 1 saturated heterocycles. The molecule has 0 aliphatic carbocycles. The van der Waals surface area contributed by atoms with E-state index in [1.807, 2.05) is 44.2 Å². The fourth-order valence-corrected chi connectivity index (χ4v) is 3.99. The molecule has 0 bridgehead atoms. The third-order valence-corrected chi connectivity index (χ3v) is 6.03. The number of hydrogen-bond donors (Lipinski definition) is 2. The van der Waals surface area contributed by atoms with Gasteiger partial charge in [0.1, 0.15) is 5.82 Å². The van der Waals surface area contributed by atoms with Crippen LogP contribution in [-0.4, -0.2) is 42.1 Å². The predicted molar refractivity (Wildman–Crippen MR) is 132 cm³/mol. The van der Waals surface area contributed by atoms with Crippen LogP contribution < -0.4 is 15.5 Å². The molecule has 9 heteroatoms. The Hall–Kier alpha value is -3.59. The van der Waals surface area contributed by atoms with Gasteiger partial charge in [-0.1, -0.05) is 24.3 Å². The number of halogens is 3. The number of urea groups is 1. The molecule has 1 fully saturated rings. The molecule has 0 spiro atoms. The number of nitrogens with zero attached hydrogens (tertiary/aromatic N) is 3. The lowest BCUT2D eigenvalue weighted by Gasteiger charge is -2.35. The van der Waals surface area contributed by atoms with Crippen LogP contribution in [0.1, 0.15) is 22.3 Å². The second-order valence-corrected chi connectivity index (χ2v) is 8.76. The number of alkyl halides is 3. The Balaban J connectivity index is 1.26. The van der Waals surface area contributed by atoms with Crippen molar-refractivity contribution in [1.82, 2.24) is 9.88 Å². The number of aryl methyl sites for hydroxylation is 2. The molecule has 1 aliphatic rings. The van der Waals surface area contributed by atoms with Crippen molar-refractivity contribution in [1.29, 1.82) is 0 Å². The summed E-state index contributed by atoms with van der Waals surface area (Å²) in [6, 6.07) is 14.6. The normalized spacial score (nSPS) is 14.6. The van der Waals surface area contributed by atoms with Gasteiger partial charge in [-0.2, -0.15) is 13.2 Å². The van der Waals surface area contributed by atoms with Crippen LogP contribution in [0.2, 0.25) is 0 Å². The third-order valence-electron chi connectivity index (χ3n) is 6.03. The third kappa shape index (κ3) is 6.51. The van der Waals surface area contributed by atoms with Crippen LogP contribution >= 0.6 is 0 Å². The zero-order chi connectivity index (χ0) is 25.0. The van der Waals surface area contributed by atoms with Crippen LogP contribution in [0.3, 0.4) is 0 Å². The van der Waals surface area contributed by atoms with Crippen LogP contribution in [0.5, 0.6) is 0 Å². The average molecular weight is 484 g/mol. The first-order chi connectivity index (χ1) is 16.7. The number of pyridine rings is 1. The second kappa shape index (κ2) is 10.4. The van der Waals surface area contributed by atoms with Crippen molar-refractivity contribution in [2.24, 2.45) is 0 Å². The minimum Gasteiger partial charge on any atom is -0.354 e. The smallest absolute Gasteiger partial charge is 0.354 e. The van der Waals surface area contributed by atoms with E-state index in [-0.39, 0.29) is 6.03 Å². The lowest BCUT2D eigenvalue weighted by atomic mass is 10.1. The fourth-order valence-electron chi connectivity index (χ4n) is 3.99. The summed E-state index contributed by atoms with van der Waals surface area (Å²) in [6.07, 6.45) is -2.68. The van der Waals surface area contributed by atoms with Gasteiger partial charge in [0.2, 0.25) is 0 Å². The number of amides is 2. The molecule has 1 aromatic heterocycles. The quantitative estimate of drug-likeness (QED) is 0.490.